The van der Waals surface area contributed by atoms with E-state index < -0.39 is 0 Å². The minimum absolute atomic E-state index is 0.00654. The van der Waals surface area contributed by atoms with Crippen LogP contribution in [0.25, 0.3) is 10.9 Å². The number of aromatic nitrogens is 1. The molecule has 0 saturated carbocycles. The molecule has 0 radical (unpaired) electrons. The SMILES string of the molecule is COc1ccc2[nH]c(=O)c(C3CCCN3)cc2c1. The number of H-pyrrole nitrogens is 1. The molecule has 1 atom stereocenters. The van der Waals surface area contributed by atoms with Crippen LogP contribution in [0.5, 0.6) is 5.75 Å². The number of ether oxygens (including phenoxy) is 1. The average molecular weight is 244 g/mol. The molecule has 4 heteroatoms. The molecule has 1 unspecified atom stereocenters. The van der Waals surface area contributed by atoms with Crippen LogP contribution in [0, 0.1) is 0 Å². The Bertz CT molecular complexity index is 627. The van der Waals surface area contributed by atoms with Crippen molar-refractivity contribution in [3.63, 3.8) is 0 Å². The summed E-state index contributed by atoms with van der Waals surface area (Å²) in [6.45, 7) is 0.986. The second kappa shape index (κ2) is 4.46. The first-order chi connectivity index (χ1) is 8.78. The molecule has 2 N–H and O–H groups in total. The lowest BCUT2D eigenvalue weighted by Crippen LogP contribution is -2.22. The van der Waals surface area contributed by atoms with Crippen molar-refractivity contribution in [2.45, 2.75) is 18.9 Å². The van der Waals surface area contributed by atoms with E-state index in [4.69, 9.17) is 4.74 Å². The van der Waals surface area contributed by atoms with Gasteiger partial charge in [-0.3, -0.25) is 4.79 Å². The van der Waals surface area contributed by atoms with Gasteiger partial charge in [-0.25, -0.2) is 0 Å². The second-order valence-electron chi connectivity index (χ2n) is 4.66. The van der Waals surface area contributed by atoms with Gasteiger partial charge in [-0.2, -0.15) is 0 Å². The maximum absolute atomic E-state index is 12.0. The number of pyridine rings is 1. The normalized spacial score (nSPS) is 19.3. The first-order valence-corrected chi connectivity index (χ1v) is 6.22. The number of aromatic amines is 1. The number of rotatable bonds is 2. The summed E-state index contributed by atoms with van der Waals surface area (Å²) >= 11 is 0. The van der Waals surface area contributed by atoms with Crippen LogP contribution >= 0.6 is 0 Å². The summed E-state index contributed by atoms with van der Waals surface area (Å²) < 4.78 is 5.21. The molecule has 4 nitrogen and oxygen atoms in total. The van der Waals surface area contributed by atoms with E-state index in [2.05, 4.69) is 10.3 Å². The van der Waals surface area contributed by atoms with Gasteiger partial charge in [-0.15, -0.1) is 0 Å². The van der Waals surface area contributed by atoms with E-state index in [-0.39, 0.29) is 11.6 Å². The number of hydrogen-bond donors (Lipinski definition) is 2. The predicted octanol–water partition coefficient (Wildman–Crippen LogP) is 1.96. The standard InChI is InChI=1S/C14H16N2O2/c1-18-10-4-5-12-9(7-10)8-11(14(17)16-12)13-3-2-6-15-13/h4-5,7-8,13,15H,2-3,6H2,1H3,(H,16,17). The van der Waals surface area contributed by atoms with Crippen LogP contribution in [0.3, 0.4) is 0 Å². The Morgan fingerprint density at radius 3 is 2.94 bits per heavy atom. The monoisotopic (exact) mass is 244 g/mol. The molecule has 1 aliphatic rings. The fourth-order valence-corrected chi connectivity index (χ4v) is 2.54. The predicted molar refractivity (Wildman–Crippen MR) is 71.1 cm³/mol. The molecule has 0 spiro atoms. The van der Waals surface area contributed by atoms with Gasteiger partial charge in [0, 0.05) is 22.5 Å². The van der Waals surface area contributed by atoms with E-state index in [1.165, 1.54) is 0 Å². The van der Waals surface area contributed by atoms with Crippen LogP contribution in [0.1, 0.15) is 24.4 Å². The Morgan fingerprint density at radius 2 is 2.22 bits per heavy atom. The molecule has 0 bridgehead atoms. The van der Waals surface area contributed by atoms with Crippen LogP contribution in [-0.4, -0.2) is 18.6 Å². The minimum Gasteiger partial charge on any atom is -0.497 e. The van der Waals surface area contributed by atoms with Crippen molar-refractivity contribution in [2.75, 3.05) is 13.7 Å². The molecule has 2 aromatic rings. The Hall–Kier alpha value is -1.81. The van der Waals surface area contributed by atoms with Crippen molar-refractivity contribution < 1.29 is 4.74 Å². The zero-order chi connectivity index (χ0) is 12.5. The van der Waals surface area contributed by atoms with Crippen molar-refractivity contribution in [2.24, 2.45) is 0 Å². The molecule has 1 fully saturated rings. The molecule has 1 aliphatic heterocycles. The van der Waals surface area contributed by atoms with Gasteiger partial charge in [0.25, 0.3) is 5.56 Å². The molecule has 1 aromatic carbocycles. The zero-order valence-corrected chi connectivity index (χ0v) is 10.3. The van der Waals surface area contributed by atoms with Crippen molar-refractivity contribution in [1.82, 2.24) is 10.3 Å². The molecular weight excluding hydrogens is 228 g/mol. The van der Waals surface area contributed by atoms with Gasteiger partial charge in [0.2, 0.25) is 0 Å². The number of fused-ring (bicyclic) bond motifs is 1. The lowest BCUT2D eigenvalue weighted by Gasteiger charge is -2.11. The van der Waals surface area contributed by atoms with Crippen LogP contribution < -0.4 is 15.6 Å². The van der Waals surface area contributed by atoms with Gasteiger partial charge in [0.05, 0.1) is 7.11 Å². The summed E-state index contributed by atoms with van der Waals surface area (Å²) in [6.07, 6.45) is 2.15. The van der Waals surface area contributed by atoms with E-state index in [0.29, 0.717) is 0 Å². The van der Waals surface area contributed by atoms with Gasteiger partial charge in [-0.05, 0) is 43.7 Å². The molecule has 1 aromatic heterocycles. The van der Waals surface area contributed by atoms with Crippen molar-refractivity contribution in [1.29, 1.82) is 0 Å². The fourth-order valence-electron chi connectivity index (χ4n) is 2.54. The highest BCUT2D eigenvalue weighted by Gasteiger charge is 2.19. The number of nitrogens with one attached hydrogen (secondary N) is 2. The van der Waals surface area contributed by atoms with Crippen LogP contribution in [0.4, 0.5) is 0 Å². The van der Waals surface area contributed by atoms with Gasteiger partial charge in [-0.1, -0.05) is 0 Å². The summed E-state index contributed by atoms with van der Waals surface area (Å²) in [7, 11) is 1.65. The minimum atomic E-state index is 0.00654. The van der Waals surface area contributed by atoms with Gasteiger partial charge in [0.15, 0.2) is 0 Å². The van der Waals surface area contributed by atoms with Gasteiger partial charge < -0.3 is 15.0 Å². The summed E-state index contributed by atoms with van der Waals surface area (Å²) in [4.78, 5) is 15.0. The molecule has 0 aliphatic carbocycles. The molecule has 94 valence electrons. The summed E-state index contributed by atoms with van der Waals surface area (Å²) in [6, 6.07) is 7.83. The molecular formula is C14H16N2O2. The van der Waals surface area contributed by atoms with E-state index in [1.54, 1.807) is 7.11 Å². The van der Waals surface area contributed by atoms with Crippen molar-refractivity contribution in [3.05, 3.63) is 40.2 Å². The van der Waals surface area contributed by atoms with Gasteiger partial charge in [0.1, 0.15) is 5.75 Å². The van der Waals surface area contributed by atoms with Gasteiger partial charge >= 0.3 is 0 Å². The first kappa shape index (κ1) is 11.3. The topological polar surface area (TPSA) is 54.1 Å². The highest BCUT2D eigenvalue weighted by Crippen LogP contribution is 2.24. The second-order valence-corrected chi connectivity index (χ2v) is 4.66. The third kappa shape index (κ3) is 1.88. The molecule has 0 amide bonds. The Balaban J connectivity index is 2.14. The number of benzene rings is 1. The summed E-state index contributed by atoms with van der Waals surface area (Å²) in [5.74, 6) is 0.805. The largest absolute Gasteiger partial charge is 0.497 e. The summed E-state index contributed by atoms with van der Waals surface area (Å²) in [5, 5.41) is 4.37. The average Bonchev–Trinajstić information content (AvgIpc) is 2.91. The lowest BCUT2D eigenvalue weighted by atomic mass is 10.0. The molecule has 2 heterocycles. The van der Waals surface area contributed by atoms with Crippen LogP contribution in [0.2, 0.25) is 0 Å². The maximum Gasteiger partial charge on any atom is 0.253 e. The number of methoxy groups -OCH3 is 1. The Labute approximate surface area is 105 Å². The quantitative estimate of drug-likeness (QED) is 0.849. The van der Waals surface area contributed by atoms with Crippen molar-refractivity contribution in [3.8, 4) is 5.75 Å². The van der Waals surface area contributed by atoms with Crippen LogP contribution in [-0.2, 0) is 0 Å². The molecule has 18 heavy (non-hydrogen) atoms. The fraction of sp³-hybridized carbons (Fsp3) is 0.357. The van der Waals surface area contributed by atoms with E-state index >= 15 is 0 Å². The highest BCUT2D eigenvalue weighted by molar-refractivity contribution is 5.80. The number of hydrogen-bond acceptors (Lipinski definition) is 3. The zero-order valence-electron chi connectivity index (χ0n) is 10.3. The third-order valence-corrected chi connectivity index (χ3v) is 3.52. The third-order valence-electron chi connectivity index (χ3n) is 3.52. The van der Waals surface area contributed by atoms with Crippen LogP contribution in [0.15, 0.2) is 29.1 Å². The smallest absolute Gasteiger partial charge is 0.253 e. The molecule has 3 rings (SSSR count). The maximum atomic E-state index is 12.0. The Morgan fingerprint density at radius 1 is 1.33 bits per heavy atom. The first-order valence-electron chi connectivity index (χ1n) is 6.22. The Kier molecular flexibility index (Phi) is 2.80. The lowest BCUT2D eigenvalue weighted by molar-refractivity contribution is 0.415. The van der Waals surface area contributed by atoms with E-state index in [1.807, 2.05) is 24.3 Å². The highest BCUT2D eigenvalue weighted by atomic mass is 16.5. The molecule has 1 saturated heterocycles. The summed E-state index contributed by atoms with van der Waals surface area (Å²) in [5.41, 5.74) is 1.68. The van der Waals surface area contributed by atoms with E-state index in [0.717, 1.165) is 41.6 Å². The van der Waals surface area contributed by atoms with E-state index in [9.17, 15) is 4.79 Å². The van der Waals surface area contributed by atoms with Crippen molar-refractivity contribution >= 4 is 10.9 Å².